The average molecular weight is 223 g/mol. The number of nitrogens with one attached hydrogen (secondary N) is 1. The van der Waals surface area contributed by atoms with Gasteiger partial charge in [0.25, 0.3) is 0 Å². The van der Waals surface area contributed by atoms with E-state index in [1.807, 2.05) is 19.1 Å². The van der Waals surface area contributed by atoms with Crippen molar-refractivity contribution < 1.29 is 0 Å². The Morgan fingerprint density at radius 1 is 1.40 bits per heavy atom. The number of rotatable bonds is 2. The van der Waals surface area contributed by atoms with Gasteiger partial charge in [-0.15, -0.1) is 19.0 Å². The zero-order chi connectivity index (χ0) is 10.1. The SMILES string of the molecule is C=C[C@H](N)c1c(C)[nH]c2ccccc12.Cl. The molecule has 0 unspecified atom stereocenters. The van der Waals surface area contributed by atoms with Gasteiger partial charge in [0.1, 0.15) is 0 Å². The van der Waals surface area contributed by atoms with Crippen LogP contribution in [0.3, 0.4) is 0 Å². The molecule has 1 aromatic heterocycles. The molecular formula is C12H15ClN2. The van der Waals surface area contributed by atoms with Gasteiger partial charge in [0, 0.05) is 22.2 Å². The van der Waals surface area contributed by atoms with Crippen molar-refractivity contribution in [2.75, 3.05) is 0 Å². The van der Waals surface area contributed by atoms with E-state index in [2.05, 4.69) is 23.7 Å². The molecule has 0 aliphatic heterocycles. The fraction of sp³-hybridized carbons (Fsp3) is 0.167. The monoisotopic (exact) mass is 222 g/mol. The molecule has 0 saturated heterocycles. The van der Waals surface area contributed by atoms with E-state index in [9.17, 15) is 0 Å². The molecule has 1 heterocycles. The Bertz CT molecular complexity index is 473. The summed E-state index contributed by atoms with van der Waals surface area (Å²) in [5.41, 5.74) is 9.38. The van der Waals surface area contributed by atoms with E-state index in [-0.39, 0.29) is 18.4 Å². The highest BCUT2D eigenvalue weighted by molar-refractivity contribution is 5.85. The van der Waals surface area contributed by atoms with Crippen molar-refractivity contribution in [1.82, 2.24) is 4.98 Å². The summed E-state index contributed by atoms with van der Waals surface area (Å²) in [5.74, 6) is 0. The number of aryl methyl sites for hydroxylation is 1. The first-order valence-corrected chi connectivity index (χ1v) is 4.69. The Morgan fingerprint density at radius 2 is 2.07 bits per heavy atom. The van der Waals surface area contributed by atoms with Gasteiger partial charge >= 0.3 is 0 Å². The standard InChI is InChI=1S/C12H14N2.ClH/c1-3-10(13)12-8(2)14-11-7-5-4-6-9(11)12;/h3-7,10,14H,1,13H2,2H3;1H/t10-;/m0./s1. The number of H-pyrrole nitrogens is 1. The number of nitrogens with two attached hydrogens (primary N) is 1. The first-order valence-electron chi connectivity index (χ1n) is 4.69. The average Bonchev–Trinajstić information content (AvgIpc) is 2.53. The highest BCUT2D eigenvalue weighted by Crippen LogP contribution is 2.26. The largest absolute Gasteiger partial charge is 0.358 e. The van der Waals surface area contributed by atoms with Gasteiger partial charge in [-0.1, -0.05) is 24.3 Å². The van der Waals surface area contributed by atoms with Crippen LogP contribution >= 0.6 is 12.4 Å². The molecule has 0 saturated carbocycles. The molecular weight excluding hydrogens is 208 g/mol. The summed E-state index contributed by atoms with van der Waals surface area (Å²) < 4.78 is 0. The molecule has 0 aliphatic rings. The predicted molar refractivity (Wildman–Crippen MR) is 67.4 cm³/mol. The molecule has 1 aromatic carbocycles. The lowest BCUT2D eigenvalue weighted by Gasteiger charge is -2.05. The summed E-state index contributed by atoms with van der Waals surface area (Å²) in [4.78, 5) is 3.31. The van der Waals surface area contributed by atoms with Crippen LogP contribution in [-0.4, -0.2) is 4.98 Å². The molecule has 0 spiro atoms. The second-order valence-corrected chi connectivity index (χ2v) is 3.47. The number of aromatic amines is 1. The maximum atomic E-state index is 5.97. The summed E-state index contributed by atoms with van der Waals surface area (Å²) in [5, 5.41) is 1.19. The number of halogens is 1. The zero-order valence-electron chi connectivity index (χ0n) is 8.66. The Balaban J connectivity index is 0.00000112. The number of benzene rings is 1. The topological polar surface area (TPSA) is 41.8 Å². The zero-order valence-corrected chi connectivity index (χ0v) is 9.47. The Hall–Kier alpha value is -1.25. The third-order valence-corrected chi connectivity index (χ3v) is 2.53. The van der Waals surface area contributed by atoms with E-state index in [4.69, 9.17) is 5.73 Å². The number of hydrogen-bond donors (Lipinski definition) is 2. The van der Waals surface area contributed by atoms with E-state index in [1.54, 1.807) is 6.08 Å². The molecule has 0 aliphatic carbocycles. The molecule has 80 valence electrons. The Morgan fingerprint density at radius 3 is 2.73 bits per heavy atom. The van der Waals surface area contributed by atoms with Gasteiger partial charge in [-0.2, -0.15) is 0 Å². The highest BCUT2D eigenvalue weighted by atomic mass is 35.5. The van der Waals surface area contributed by atoms with Gasteiger partial charge in [-0.3, -0.25) is 0 Å². The molecule has 1 atom stereocenters. The van der Waals surface area contributed by atoms with Crippen LogP contribution in [0.4, 0.5) is 0 Å². The molecule has 0 amide bonds. The maximum Gasteiger partial charge on any atom is 0.0502 e. The van der Waals surface area contributed by atoms with Crippen molar-refractivity contribution in [2.45, 2.75) is 13.0 Å². The Labute approximate surface area is 95.6 Å². The van der Waals surface area contributed by atoms with Gasteiger partial charge in [0.2, 0.25) is 0 Å². The summed E-state index contributed by atoms with van der Waals surface area (Å²) in [7, 11) is 0. The normalized spacial score (nSPS) is 12.1. The van der Waals surface area contributed by atoms with Crippen LogP contribution < -0.4 is 5.73 Å². The predicted octanol–water partition coefficient (Wildman–Crippen LogP) is 3.08. The second-order valence-electron chi connectivity index (χ2n) is 3.47. The van der Waals surface area contributed by atoms with Gasteiger partial charge in [0.15, 0.2) is 0 Å². The number of para-hydroxylation sites is 1. The molecule has 0 bridgehead atoms. The molecule has 2 nitrogen and oxygen atoms in total. The van der Waals surface area contributed by atoms with Crippen LogP contribution in [-0.2, 0) is 0 Å². The van der Waals surface area contributed by atoms with Crippen LogP contribution in [0.5, 0.6) is 0 Å². The first-order chi connectivity index (χ1) is 6.74. The lowest BCUT2D eigenvalue weighted by Crippen LogP contribution is -2.07. The lowest BCUT2D eigenvalue weighted by molar-refractivity contribution is 0.910. The third-order valence-electron chi connectivity index (χ3n) is 2.53. The van der Waals surface area contributed by atoms with Crippen molar-refractivity contribution in [3.8, 4) is 0 Å². The minimum Gasteiger partial charge on any atom is -0.358 e. The van der Waals surface area contributed by atoms with Gasteiger partial charge < -0.3 is 10.7 Å². The maximum absolute atomic E-state index is 5.97. The van der Waals surface area contributed by atoms with Crippen LogP contribution in [0.25, 0.3) is 10.9 Å². The van der Waals surface area contributed by atoms with Crippen LogP contribution in [0.2, 0.25) is 0 Å². The molecule has 3 heteroatoms. The van der Waals surface area contributed by atoms with E-state index < -0.39 is 0 Å². The summed E-state index contributed by atoms with van der Waals surface area (Å²) in [6.45, 7) is 5.77. The molecule has 2 rings (SSSR count). The molecule has 2 aromatic rings. The number of fused-ring (bicyclic) bond motifs is 1. The van der Waals surface area contributed by atoms with E-state index in [1.165, 1.54) is 5.39 Å². The fourth-order valence-corrected chi connectivity index (χ4v) is 1.85. The summed E-state index contributed by atoms with van der Waals surface area (Å²) in [6, 6.07) is 8.08. The van der Waals surface area contributed by atoms with E-state index in [0.717, 1.165) is 16.8 Å². The summed E-state index contributed by atoms with van der Waals surface area (Å²) in [6.07, 6.45) is 1.77. The lowest BCUT2D eigenvalue weighted by atomic mass is 10.0. The Kier molecular flexibility index (Phi) is 3.56. The van der Waals surface area contributed by atoms with Crippen molar-refractivity contribution in [2.24, 2.45) is 5.73 Å². The second kappa shape index (κ2) is 4.51. The van der Waals surface area contributed by atoms with Crippen LogP contribution in [0, 0.1) is 6.92 Å². The van der Waals surface area contributed by atoms with Crippen LogP contribution in [0.15, 0.2) is 36.9 Å². The van der Waals surface area contributed by atoms with Gasteiger partial charge in [0.05, 0.1) is 6.04 Å². The molecule has 3 N–H and O–H groups in total. The quantitative estimate of drug-likeness (QED) is 0.754. The highest BCUT2D eigenvalue weighted by Gasteiger charge is 2.11. The van der Waals surface area contributed by atoms with Crippen molar-refractivity contribution >= 4 is 23.3 Å². The van der Waals surface area contributed by atoms with Gasteiger partial charge in [-0.05, 0) is 13.0 Å². The van der Waals surface area contributed by atoms with Gasteiger partial charge in [-0.25, -0.2) is 0 Å². The molecule has 15 heavy (non-hydrogen) atoms. The van der Waals surface area contributed by atoms with Crippen molar-refractivity contribution in [3.05, 3.63) is 48.2 Å². The molecule has 0 fully saturated rings. The number of hydrogen-bond acceptors (Lipinski definition) is 1. The van der Waals surface area contributed by atoms with Crippen molar-refractivity contribution in [3.63, 3.8) is 0 Å². The third kappa shape index (κ3) is 1.91. The minimum atomic E-state index is -0.0915. The molecule has 0 radical (unpaired) electrons. The smallest absolute Gasteiger partial charge is 0.0502 e. The fourth-order valence-electron chi connectivity index (χ4n) is 1.85. The van der Waals surface area contributed by atoms with E-state index >= 15 is 0 Å². The number of aromatic nitrogens is 1. The minimum absolute atomic E-state index is 0. The van der Waals surface area contributed by atoms with Crippen LogP contribution in [0.1, 0.15) is 17.3 Å². The van der Waals surface area contributed by atoms with E-state index in [0.29, 0.717) is 0 Å². The summed E-state index contributed by atoms with van der Waals surface area (Å²) >= 11 is 0. The van der Waals surface area contributed by atoms with Crippen molar-refractivity contribution in [1.29, 1.82) is 0 Å². The first kappa shape index (κ1) is 11.8.